The van der Waals surface area contributed by atoms with Crippen molar-refractivity contribution in [3.63, 3.8) is 0 Å². The summed E-state index contributed by atoms with van der Waals surface area (Å²) in [7, 11) is -1.85. The number of carbonyl (C=O) groups is 1. The summed E-state index contributed by atoms with van der Waals surface area (Å²) in [4.78, 5) is 11.8. The molecule has 0 aliphatic carbocycles. The van der Waals surface area contributed by atoms with Crippen LogP contribution in [0.4, 0.5) is 10.8 Å². The molecule has 1 aromatic carbocycles. The Morgan fingerprint density at radius 1 is 1.33 bits per heavy atom. The summed E-state index contributed by atoms with van der Waals surface area (Å²) in [6.07, 6.45) is 3.00. The number of anilines is 2. The summed E-state index contributed by atoms with van der Waals surface area (Å²) in [6.45, 7) is -0.185. The first-order valence-corrected chi connectivity index (χ1v) is 10.5. The summed E-state index contributed by atoms with van der Waals surface area (Å²) in [5.41, 5.74) is 0.507. The zero-order chi connectivity index (χ0) is 17.7. The van der Waals surface area contributed by atoms with E-state index in [1.807, 2.05) is 6.26 Å². The van der Waals surface area contributed by atoms with Crippen LogP contribution in [-0.2, 0) is 14.8 Å². The fourth-order valence-electron chi connectivity index (χ4n) is 1.59. The van der Waals surface area contributed by atoms with Crippen molar-refractivity contribution in [2.24, 2.45) is 0 Å². The Kier molecular flexibility index (Phi) is 6.02. The van der Waals surface area contributed by atoms with Crippen LogP contribution >= 0.6 is 23.1 Å². The van der Waals surface area contributed by atoms with Crippen LogP contribution in [-0.4, -0.2) is 50.7 Å². The molecule has 1 N–H and O–H groups in total. The monoisotopic (exact) mass is 388 g/mol. The van der Waals surface area contributed by atoms with Crippen molar-refractivity contribution < 1.29 is 17.9 Å². The molecule has 130 valence electrons. The molecule has 0 atom stereocenters. The second-order valence-corrected chi connectivity index (χ2v) is 8.68. The number of hydrogen-bond donors (Lipinski definition) is 1. The minimum absolute atomic E-state index is 0.185. The Labute approximate surface area is 148 Å². The van der Waals surface area contributed by atoms with Gasteiger partial charge in [-0.05, 0) is 30.5 Å². The first-order valence-electron chi connectivity index (χ1n) is 6.63. The molecule has 0 unspecified atom stereocenters. The third-order valence-corrected chi connectivity index (χ3v) is 5.92. The van der Waals surface area contributed by atoms with E-state index in [4.69, 9.17) is 4.74 Å². The number of ether oxygens (including phenoxy) is 1. The maximum absolute atomic E-state index is 11.8. The van der Waals surface area contributed by atoms with Crippen molar-refractivity contribution in [3.8, 4) is 5.75 Å². The number of rotatable bonds is 7. The molecule has 2 aromatic rings. The van der Waals surface area contributed by atoms with E-state index in [-0.39, 0.29) is 12.5 Å². The fourth-order valence-corrected chi connectivity index (χ4v) is 3.28. The second kappa shape index (κ2) is 7.81. The summed E-state index contributed by atoms with van der Waals surface area (Å²) in [5, 5.41) is 10.7. The average Bonchev–Trinajstić information content (AvgIpc) is 2.99. The number of thioether (sulfide) groups is 1. The van der Waals surface area contributed by atoms with Crippen LogP contribution in [0, 0.1) is 0 Å². The SMILES string of the molecule is CSc1nnc(NC(=O)COc2ccc(N(C)S(C)(=O)=O)cc2)s1. The van der Waals surface area contributed by atoms with Crippen molar-refractivity contribution in [3.05, 3.63) is 24.3 Å². The average molecular weight is 388 g/mol. The molecule has 0 aliphatic heterocycles. The molecule has 0 saturated carbocycles. The standard InChI is InChI=1S/C13H16N4O4S3/c1-17(24(3,19)20)9-4-6-10(7-5-9)21-8-11(18)14-12-15-16-13(22-2)23-12/h4-7H,8H2,1-3H3,(H,14,15,18). The molecule has 0 aliphatic rings. The molecule has 24 heavy (non-hydrogen) atoms. The van der Waals surface area contributed by atoms with E-state index >= 15 is 0 Å². The molecule has 0 saturated heterocycles. The van der Waals surface area contributed by atoms with Crippen molar-refractivity contribution in [1.29, 1.82) is 0 Å². The number of carbonyl (C=O) groups excluding carboxylic acids is 1. The first-order chi connectivity index (χ1) is 11.3. The van der Waals surface area contributed by atoms with Crippen molar-refractivity contribution >= 4 is 49.8 Å². The Hall–Kier alpha value is -1.85. The number of hydrogen-bond acceptors (Lipinski definition) is 8. The minimum atomic E-state index is -3.31. The van der Waals surface area contributed by atoms with Crippen molar-refractivity contribution in [2.75, 3.05) is 35.8 Å². The lowest BCUT2D eigenvalue weighted by Crippen LogP contribution is -2.24. The van der Waals surface area contributed by atoms with Gasteiger partial charge >= 0.3 is 0 Å². The van der Waals surface area contributed by atoms with Gasteiger partial charge < -0.3 is 4.74 Å². The quantitative estimate of drug-likeness (QED) is 0.569. The zero-order valence-corrected chi connectivity index (χ0v) is 15.7. The van der Waals surface area contributed by atoms with E-state index in [2.05, 4.69) is 15.5 Å². The highest BCUT2D eigenvalue weighted by molar-refractivity contribution is 8.00. The van der Waals surface area contributed by atoms with E-state index in [1.165, 1.54) is 30.1 Å². The van der Waals surface area contributed by atoms with Gasteiger partial charge in [0.2, 0.25) is 15.2 Å². The van der Waals surface area contributed by atoms with Gasteiger partial charge in [0.1, 0.15) is 5.75 Å². The van der Waals surface area contributed by atoms with Crippen LogP contribution in [0.2, 0.25) is 0 Å². The fraction of sp³-hybridized carbons (Fsp3) is 0.308. The minimum Gasteiger partial charge on any atom is -0.484 e. The molecule has 1 heterocycles. The lowest BCUT2D eigenvalue weighted by Gasteiger charge is -2.16. The number of sulfonamides is 1. The molecule has 0 spiro atoms. The van der Waals surface area contributed by atoms with Crippen LogP contribution < -0.4 is 14.4 Å². The topological polar surface area (TPSA) is 101 Å². The largest absolute Gasteiger partial charge is 0.484 e. The highest BCUT2D eigenvalue weighted by Gasteiger charge is 2.12. The smallest absolute Gasteiger partial charge is 0.264 e. The number of benzene rings is 1. The second-order valence-electron chi connectivity index (χ2n) is 4.64. The van der Waals surface area contributed by atoms with E-state index in [1.54, 1.807) is 24.3 Å². The van der Waals surface area contributed by atoms with Gasteiger partial charge in [-0.3, -0.25) is 14.4 Å². The van der Waals surface area contributed by atoms with E-state index in [0.717, 1.165) is 14.9 Å². The molecule has 0 radical (unpaired) electrons. The Morgan fingerprint density at radius 2 is 2.00 bits per heavy atom. The summed E-state index contributed by atoms with van der Waals surface area (Å²) < 4.78 is 30.2. The van der Waals surface area contributed by atoms with Gasteiger partial charge in [0.25, 0.3) is 5.91 Å². The number of nitrogens with zero attached hydrogens (tertiary/aromatic N) is 3. The maximum atomic E-state index is 11.8. The van der Waals surface area contributed by atoms with Crippen LogP contribution in [0.15, 0.2) is 28.6 Å². The van der Waals surface area contributed by atoms with Crippen LogP contribution in [0.1, 0.15) is 0 Å². The molecule has 1 aromatic heterocycles. The predicted molar refractivity (Wildman–Crippen MR) is 95.5 cm³/mol. The third kappa shape index (κ3) is 5.08. The van der Waals surface area contributed by atoms with Crippen molar-refractivity contribution in [1.82, 2.24) is 10.2 Å². The van der Waals surface area contributed by atoms with Crippen LogP contribution in [0.5, 0.6) is 5.75 Å². The van der Waals surface area contributed by atoms with Gasteiger partial charge in [0.15, 0.2) is 10.9 Å². The lowest BCUT2D eigenvalue weighted by atomic mass is 10.3. The Balaban J connectivity index is 1.89. The molecule has 11 heteroatoms. The maximum Gasteiger partial charge on any atom is 0.264 e. The van der Waals surface area contributed by atoms with Gasteiger partial charge in [-0.2, -0.15) is 0 Å². The first kappa shape index (κ1) is 18.5. The Morgan fingerprint density at radius 3 is 2.54 bits per heavy atom. The summed E-state index contributed by atoms with van der Waals surface area (Å²) in [5.74, 6) is 0.106. The van der Waals surface area contributed by atoms with Gasteiger partial charge in [-0.15, -0.1) is 10.2 Å². The molecule has 0 fully saturated rings. The molecule has 0 bridgehead atoms. The van der Waals surface area contributed by atoms with Crippen molar-refractivity contribution in [2.45, 2.75) is 4.34 Å². The van der Waals surface area contributed by atoms with Gasteiger partial charge in [0, 0.05) is 7.05 Å². The number of nitrogens with one attached hydrogen (secondary N) is 1. The summed E-state index contributed by atoms with van der Waals surface area (Å²) in [6, 6.07) is 6.40. The van der Waals surface area contributed by atoms with Crippen LogP contribution in [0.25, 0.3) is 0 Å². The highest BCUT2D eigenvalue weighted by Crippen LogP contribution is 2.23. The normalized spacial score (nSPS) is 11.1. The molecular formula is C13H16N4O4S3. The van der Waals surface area contributed by atoms with Gasteiger partial charge in [-0.25, -0.2) is 8.42 Å². The highest BCUT2D eigenvalue weighted by atomic mass is 32.2. The zero-order valence-electron chi connectivity index (χ0n) is 13.2. The van der Waals surface area contributed by atoms with E-state index < -0.39 is 10.0 Å². The van der Waals surface area contributed by atoms with E-state index in [9.17, 15) is 13.2 Å². The number of amides is 1. The molecule has 2 rings (SSSR count). The Bertz CT molecular complexity index is 805. The van der Waals surface area contributed by atoms with E-state index in [0.29, 0.717) is 16.6 Å². The van der Waals surface area contributed by atoms with Gasteiger partial charge in [-0.1, -0.05) is 23.1 Å². The number of aromatic nitrogens is 2. The summed E-state index contributed by atoms with van der Waals surface area (Å²) >= 11 is 2.73. The predicted octanol–water partition coefficient (Wildman–Crippen LogP) is 1.67. The molecule has 1 amide bonds. The third-order valence-electron chi connectivity index (χ3n) is 2.90. The molecule has 8 nitrogen and oxygen atoms in total. The van der Waals surface area contributed by atoms with Crippen LogP contribution in [0.3, 0.4) is 0 Å². The molecular weight excluding hydrogens is 372 g/mol. The van der Waals surface area contributed by atoms with Gasteiger partial charge in [0.05, 0.1) is 11.9 Å². The lowest BCUT2D eigenvalue weighted by molar-refractivity contribution is -0.118.